The molecular weight excluding hydrogens is 591 g/mol. The molecule has 0 saturated carbocycles. The van der Waals surface area contributed by atoms with Crippen molar-refractivity contribution in [3.63, 3.8) is 0 Å². The highest BCUT2D eigenvalue weighted by Gasteiger charge is 2.22. The van der Waals surface area contributed by atoms with E-state index in [0.29, 0.717) is 23.6 Å². The molecule has 44 heavy (non-hydrogen) atoms. The number of likely N-dealkylation sites (tertiary alicyclic amines) is 1. The second-order valence-electron chi connectivity index (χ2n) is 10.4. The standard InChI is InChI=1S/C29H33FN4O3S.C2H2O4/c1-37-25-11-13-26(14-12-25)38(35,36)20-4-17-33-18-15-24(16-19-33)31-29-32-27-5-2-3-6-28(27)34(29)21-22-7-9-23(30)10-8-22;3-1(4)2(5)6/h2-3,5-14,24H,4,15-21H2,1H3,(H,31,32);(H,3,4)(H,5,6). The third kappa shape index (κ3) is 8.77. The minimum atomic E-state index is -3.31. The Bertz CT molecular complexity index is 1660. The molecule has 2 heterocycles. The molecule has 4 aromatic rings. The monoisotopic (exact) mass is 626 g/mol. The molecule has 0 atom stereocenters. The van der Waals surface area contributed by atoms with Crippen molar-refractivity contribution in [1.29, 1.82) is 0 Å². The summed E-state index contributed by atoms with van der Waals surface area (Å²) >= 11 is 0. The molecule has 1 aliphatic rings. The molecular formula is C31H35FN4O7S. The van der Waals surface area contributed by atoms with Crippen molar-refractivity contribution in [1.82, 2.24) is 14.5 Å². The molecule has 1 saturated heterocycles. The predicted octanol–water partition coefficient (Wildman–Crippen LogP) is 4.13. The number of sulfone groups is 1. The highest BCUT2D eigenvalue weighted by molar-refractivity contribution is 7.91. The van der Waals surface area contributed by atoms with Crippen LogP contribution in [0.2, 0.25) is 0 Å². The number of nitrogens with zero attached hydrogens (tertiary/aromatic N) is 3. The lowest BCUT2D eigenvalue weighted by molar-refractivity contribution is -0.159. The zero-order valence-electron chi connectivity index (χ0n) is 24.2. The van der Waals surface area contributed by atoms with E-state index >= 15 is 0 Å². The molecule has 234 valence electrons. The number of rotatable bonds is 10. The van der Waals surface area contributed by atoms with Crippen LogP contribution in [0.3, 0.4) is 0 Å². The number of piperidine rings is 1. The van der Waals surface area contributed by atoms with Crippen molar-refractivity contribution in [3.8, 4) is 5.75 Å². The van der Waals surface area contributed by atoms with Gasteiger partial charge < -0.3 is 29.7 Å². The van der Waals surface area contributed by atoms with Gasteiger partial charge in [0.1, 0.15) is 11.6 Å². The zero-order chi connectivity index (χ0) is 31.7. The third-order valence-electron chi connectivity index (χ3n) is 7.32. The highest BCUT2D eigenvalue weighted by Crippen LogP contribution is 2.24. The minimum Gasteiger partial charge on any atom is -0.497 e. The fourth-order valence-electron chi connectivity index (χ4n) is 4.98. The van der Waals surface area contributed by atoms with Crippen molar-refractivity contribution >= 4 is 38.8 Å². The van der Waals surface area contributed by atoms with Crippen LogP contribution in [0.25, 0.3) is 11.0 Å². The molecule has 1 aliphatic heterocycles. The number of para-hydroxylation sites is 2. The molecule has 0 radical (unpaired) electrons. The lowest BCUT2D eigenvalue weighted by Crippen LogP contribution is -2.40. The van der Waals surface area contributed by atoms with Gasteiger partial charge in [-0.05, 0) is 79.9 Å². The number of nitrogens with one attached hydrogen (secondary N) is 1. The van der Waals surface area contributed by atoms with Gasteiger partial charge in [0.25, 0.3) is 0 Å². The maximum atomic E-state index is 13.4. The number of ether oxygens (including phenoxy) is 1. The summed E-state index contributed by atoms with van der Waals surface area (Å²) in [6.07, 6.45) is 2.50. The van der Waals surface area contributed by atoms with Gasteiger partial charge in [0.2, 0.25) is 5.95 Å². The average Bonchev–Trinajstić information content (AvgIpc) is 3.35. The van der Waals surface area contributed by atoms with Crippen molar-refractivity contribution in [2.24, 2.45) is 0 Å². The molecule has 0 aliphatic carbocycles. The molecule has 3 N–H and O–H groups in total. The van der Waals surface area contributed by atoms with Crippen molar-refractivity contribution in [3.05, 3.63) is 84.2 Å². The predicted molar refractivity (Wildman–Crippen MR) is 163 cm³/mol. The smallest absolute Gasteiger partial charge is 0.414 e. The number of halogens is 1. The molecule has 0 bridgehead atoms. The Balaban J connectivity index is 0.000000670. The highest BCUT2D eigenvalue weighted by atomic mass is 32.2. The molecule has 1 aromatic heterocycles. The van der Waals surface area contributed by atoms with E-state index in [-0.39, 0.29) is 17.6 Å². The molecule has 0 spiro atoms. The van der Waals surface area contributed by atoms with E-state index in [4.69, 9.17) is 29.5 Å². The van der Waals surface area contributed by atoms with Crippen LogP contribution in [0.4, 0.5) is 10.3 Å². The summed E-state index contributed by atoms with van der Waals surface area (Å²) in [5.41, 5.74) is 2.97. The van der Waals surface area contributed by atoms with Gasteiger partial charge >= 0.3 is 11.9 Å². The molecule has 0 unspecified atom stereocenters. The Morgan fingerprint density at radius 2 is 1.61 bits per heavy atom. The van der Waals surface area contributed by atoms with Gasteiger partial charge in [0, 0.05) is 19.1 Å². The fraction of sp³-hybridized carbons (Fsp3) is 0.323. The van der Waals surface area contributed by atoms with Gasteiger partial charge in [-0.1, -0.05) is 24.3 Å². The number of carbonyl (C=O) groups is 2. The summed E-state index contributed by atoms with van der Waals surface area (Å²) in [6.45, 7) is 3.16. The largest absolute Gasteiger partial charge is 0.497 e. The number of fused-ring (bicyclic) bond motifs is 1. The number of carboxylic acid groups (broad SMARTS) is 2. The number of imidazole rings is 1. The first-order valence-electron chi connectivity index (χ1n) is 14.1. The van der Waals surface area contributed by atoms with Crippen molar-refractivity contribution in [2.75, 3.05) is 37.8 Å². The van der Waals surface area contributed by atoms with Crippen LogP contribution in [-0.4, -0.2) is 83.6 Å². The van der Waals surface area contributed by atoms with Crippen LogP contribution in [0, 0.1) is 5.82 Å². The quantitative estimate of drug-likeness (QED) is 0.219. The van der Waals surface area contributed by atoms with Crippen LogP contribution in [0.15, 0.2) is 77.7 Å². The Hall–Kier alpha value is -4.49. The Morgan fingerprint density at radius 3 is 2.23 bits per heavy atom. The number of aliphatic carboxylic acids is 2. The van der Waals surface area contributed by atoms with Gasteiger partial charge in [-0.2, -0.15) is 0 Å². The molecule has 3 aromatic carbocycles. The normalized spacial score (nSPS) is 14.0. The SMILES string of the molecule is COc1ccc(S(=O)(=O)CCCN2CCC(Nc3nc4ccccc4n3Cc3ccc(F)cc3)CC2)cc1.O=C(O)C(=O)O. The van der Waals surface area contributed by atoms with Crippen LogP contribution in [-0.2, 0) is 26.0 Å². The van der Waals surface area contributed by atoms with Crippen molar-refractivity contribution < 1.29 is 37.3 Å². The van der Waals surface area contributed by atoms with Gasteiger partial charge in [-0.25, -0.2) is 27.4 Å². The second-order valence-corrected chi connectivity index (χ2v) is 12.5. The Morgan fingerprint density at radius 1 is 0.977 bits per heavy atom. The molecule has 5 rings (SSSR count). The van der Waals surface area contributed by atoms with Crippen molar-refractivity contribution in [2.45, 2.75) is 36.7 Å². The number of anilines is 1. The Kier molecular flexibility index (Phi) is 10.9. The zero-order valence-corrected chi connectivity index (χ0v) is 25.0. The second kappa shape index (κ2) is 14.8. The number of carboxylic acids is 2. The first-order chi connectivity index (χ1) is 21.1. The lowest BCUT2D eigenvalue weighted by atomic mass is 10.1. The summed E-state index contributed by atoms with van der Waals surface area (Å²) in [6, 6.07) is 21.5. The van der Waals surface area contributed by atoms with Crippen LogP contribution < -0.4 is 10.1 Å². The van der Waals surface area contributed by atoms with E-state index in [1.165, 1.54) is 12.1 Å². The first kappa shape index (κ1) is 32.4. The van der Waals surface area contributed by atoms with E-state index in [1.807, 2.05) is 18.2 Å². The van der Waals surface area contributed by atoms with Gasteiger partial charge in [-0.15, -0.1) is 0 Å². The van der Waals surface area contributed by atoms with E-state index in [1.54, 1.807) is 43.5 Å². The van der Waals surface area contributed by atoms with E-state index < -0.39 is 21.8 Å². The van der Waals surface area contributed by atoms with Gasteiger partial charge in [-0.3, -0.25) is 0 Å². The van der Waals surface area contributed by atoms with Crippen LogP contribution in [0.5, 0.6) is 5.75 Å². The van der Waals surface area contributed by atoms with E-state index in [0.717, 1.165) is 55.0 Å². The molecule has 1 fully saturated rings. The number of benzene rings is 3. The lowest BCUT2D eigenvalue weighted by Gasteiger charge is -2.32. The molecule has 11 nitrogen and oxygen atoms in total. The summed E-state index contributed by atoms with van der Waals surface area (Å²) in [5, 5.41) is 18.4. The van der Waals surface area contributed by atoms with E-state index in [2.05, 4.69) is 20.9 Å². The molecule has 13 heteroatoms. The fourth-order valence-corrected chi connectivity index (χ4v) is 6.28. The first-order valence-corrected chi connectivity index (χ1v) is 15.7. The summed E-state index contributed by atoms with van der Waals surface area (Å²) in [4.78, 5) is 25.7. The topological polar surface area (TPSA) is 151 Å². The minimum absolute atomic E-state index is 0.130. The average molecular weight is 627 g/mol. The van der Waals surface area contributed by atoms with Crippen LogP contribution in [0.1, 0.15) is 24.8 Å². The van der Waals surface area contributed by atoms with Crippen LogP contribution >= 0.6 is 0 Å². The maximum Gasteiger partial charge on any atom is 0.414 e. The summed E-state index contributed by atoms with van der Waals surface area (Å²) in [7, 11) is -1.75. The number of aromatic nitrogens is 2. The van der Waals surface area contributed by atoms with Gasteiger partial charge in [0.05, 0.1) is 35.3 Å². The maximum absolute atomic E-state index is 13.4. The summed E-state index contributed by atoms with van der Waals surface area (Å²) in [5.74, 6) is -2.30. The summed E-state index contributed by atoms with van der Waals surface area (Å²) < 4.78 is 46.0. The van der Waals surface area contributed by atoms with Gasteiger partial charge in [0.15, 0.2) is 9.84 Å². The molecule has 0 amide bonds. The number of hydrogen-bond donors (Lipinski definition) is 3. The third-order valence-corrected chi connectivity index (χ3v) is 9.13. The van der Waals surface area contributed by atoms with E-state index in [9.17, 15) is 12.8 Å². The number of hydrogen-bond acceptors (Lipinski definition) is 8. The number of methoxy groups -OCH3 is 1. The Labute approximate surface area is 254 Å².